The molecule has 0 saturated carbocycles. The Morgan fingerprint density at radius 2 is 2.00 bits per heavy atom. The summed E-state index contributed by atoms with van der Waals surface area (Å²) in [7, 11) is 0. The summed E-state index contributed by atoms with van der Waals surface area (Å²) in [6, 6.07) is 3.98. The molecule has 0 aliphatic heterocycles. The molecule has 0 unspecified atom stereocenters. The van der Waals surface area contributed by atoms with E-state index in [4.69, 9.17) is 0 Å². The molecule has 1 heterocycles. The molecule has 1 aliphatic carbocycles. The van der Waals surface area contributed by atoms with Gasteiger partial charge in [-0.2, -0.15) is 0 Å². The SMILES string of the molecule is C1=CC=C(c2ccncc2)C=1. The second kappa shape index (κ2) is 2.57. The summed E-state index contributed by atoms with van der Waals surface area (Å²) in [5, 5.41) is 0. The minimum atomic E-state index is 1.20. The fourth-order valence-corrected chi connectivity index (χ4v) is 1.05. The van der Waals surface area contributed by atoms with Gasteiger partial charge in [-0.15, -0.1) is 5.73 Å². The van der Waals surface area contributed by atoms with Gasteiger partial charge < -0.3 is 0 Å². The molecule has 1 aliphatic rings. The van der Waals surface area contributed by atoms with E-state index in [1.807, 2.05) is 30.4 Å². The highest BCUT2D eigenvalue weighted by atomic mass is 14.6. The van der Waals surface area contributed by atoms with Crippen LogP contribution in [0.25, 0.3) is 5.57 Å². The standard InChI is InChI=1S/C10H7N/c1-2-4-9(3-1)10-5-7-11-8-6-10/h1,3-8H. The number of nitrogens with zero attached hydrogens (tertiary/aromatic N) is 1. The lowest BCUT2D eigenvalue weighted by Gasteiger charge is -1.95. The summed E-state index contributed by atoms with van der Waals surface area (Å²) in [6.07, 6.45) is 9.51. The average Bonchev–Trinajstić information content (AvgIpc) is 2.58. The van der Waals surface area contributed by atoms with E-state index in [9.17, 15) is 0 Å². The van der Waals surface area contributed by atoms with Gasteiger partial charge in [-0.05, 0) is 41.5 Å². The summed E-state index contributed by atoms with van der Waals surface area (Å²) in [6.45, 7) is 0. The molecule has 11 heavy (non-hydrogen) atoms. The smallest absolute Gasteiger partial charge is 0.0273 e. The number of pyridine rings is 1. The van der Waals surface area contributed by atoms with E-state index in [0.717, 1.165) is 0 Å². The monoisotopic (exact) mass is 141 g/mol. The van der Waals surface area contributed by atoms with E-state index >= 15 is 0 Å². The van der Waals surface area contributed by atoms with Crippen LogP contribution in [0, 0.1) is 0 Å². The van der Waals surface area contributed by atoms with Gasteiger partial charge >= 0.3 is 0 Å². The molecule has 1 aromatic heterocycles. The van der Waals surface area contributed by atoms with Crippen molar-refractivity contribution in [2.24, 2.45) is 0 Å². The van der Waals surface area contributed by atoms with Crippen molar-refractivity contribution < 1.29 is 0 Å². The minimum Gasteiger partial charge on any atom is -0.265 e. The fraction of sp³-hybridized carbons (Fsp3) is 0. The van der Waals surface area contributed by atoms with Crippen LogP contribution < -0.4 is 0 Å². The summed E-state index contributed by atoms with van der Waals surface area (Å²) in [5.74, 6) is 0. The lowest BCUT2D eigenvalue weighted by molar-refractivity contribution is 1.32. The highest BCUT2D eigenvalue weighted by Gasteiger charge is 1.96. The largest absolute Gasteiger partial charge is 0.265 e. The van der Waals surface area contributed by atoms with Crippen LogP contribution in [0.5, 0.6) is 0 Å². The van der Waals surface area contributed by atoms with E-state index in [0.29, 0.717) is 0 Å². The number of allylic oxidation sites excluding steroid dienone is 3. The Bertz CT molecular complexity index is 340. The first-order chi connectivity index (χ1) is 5.47. The third-order valence-corrected chi connectivity index (χ3v) is 1.61. The summed E-state index contributed by atoms with van der Waals surface area (Å²) >= 11 is 0. The maximum absolute atomic E-state index is 3.95. The maximum Gasteiger partial charge on any atom is 0.0273 e. The Kier molecular flexibility index (Phi) is 1.43. The van der Waals surface area contributed by atoms with Crippen LogP contribution in [0.2, 0.25) is 0 Å². The van der Waals surface area contributed by atoms with Crippen LogP contribution in [-0.2, 0) is 0 Å². The Balaban J connectivity index is 2.39. The van der Waals surface area contributed by atoms with Gasteiger partial charge in [-0.1, -0.05) is 0 Å². The number of hydrogen-bond donors (Lipinski definition) is 0. The normalized spacial score (nSPS) is 13.6. The van der Waals surface area contributed by atoms with E-state index in [1.165, 1.54) is 11.1 Å². The first kappa shape index (κ1) is 6.14. The van der Waals surface area contributed by atoms with Crippen LogP contribution >= 0.6 is 0 Å². The average molecular weight is 141 g/mol. The highest BCUT2D eigenvalue weighted by Crippen LogP contribution is 2.16. The molecule has 0 amide bonds. The van der Waals surface area contributed by atoms with Crippen LogP contribution in [-0.4, -0.2) is 4.98 Å². The van der Waals surface area contributed by atoms with Gasteiger partial charge in [-0.3, -0.25) is 4.98 Å². The Hall–Kier alpha value is -1.59. The quantitative estimate of drug-likeness (QED) is 0.546. The van der Waals surface area contributed by atoms with Crippen molar-refractivity contribution in [3.05, 3.63) is 54.0 Å². The van der Waals surface area contributed by atoms with Crippen molar-refractivity contribution in [2.75, 3.05) is 0 Å². The van der Waals surface area contributed by atoms with Crippen molar-refractivity contribution in [2.45, 2.75) is 0 Å². The Labute approximate surface area is 65.4 Å². The fourth-order valence-electron chi connectivity index (χ4n) is 1.05. The molecular weight excluding hydrogens is 134 g/mol. The highest BCUT2D eigenvalue weighted by molar-refractivity contribution is 5.76. The summed E-state index contributed by atoms with van der Waals surface area (Å²) in [4.78, 5) is 3.95. The molecule has 1 heteroatoms. The molecule has 0 fully saturated rings. The zero-order chi connectivity index (χ0) is 7.52. The van der Waals surface area contributed by atoms with E-state index in [2.05, 4.69) is 10.7 Å². The Morgan fingerprint density at radius 3 is 2.64 bits per heavy atom. The predicted octanol–water partition coefficient (Wildman–Crippen LogP) is 2.19. The molecule has 0 radical (unpaired) electrons. The van der Waals surface area contributed by atoms with Gasteiger partial charge in [0.1, 0.15) is 0 Å². The molecule has 1 aromatic rings. The van der Waals surface area contributed by atoms with Gasteiger partial charge in [-0.25, -0.2) is 0 Å². The first-order valence-electron chi connectivity index (χ1n) is 3.50. The minimum absolute atomic E-state index is 1.20. The van der Waals surface area contributed by atoms with E-state index < -0.39 is 0 Å². The van der Waals surface area contributed by atoms with Crippen molar-refractivity contribution in [1.29, 1.82) is 0 Å². The molecule has 0 saturated heterocycles. The number of aromatic nitrogens is 1. The summed E-state index contributed by atoms with van der Waals surface area (Å²) < 4.78 is 0. The molecule has 2 rings (SSSR count). The van der Waals surface area contributed by atoms with Gasteiger partial charge in [0.05, 0.1) is 0 Å². The number of hydrogen-bond acceptors (Lipinski definition) is 1. The molecule has 1 nitrogen and oxygen atoms in total. The zero-order valence-electron chi connectivity index (χ0n) is 5.99. The third-order valence-electron chi connectivity index (χ3n) is 1.61. The van der Waals surface area contributed by atoms with Crippen LogP contribution in [0.3, 0.4) is 0 Å². The lowest BCUT2D eigenvalue weighted by Crippen LogP contribution is -1.78. The molecule has 0 atom stereocenters. The molecule has 0 bridgehead atoms. The third kappa shape index (κ3) is 1.14. The summed E-state index contributed by atoms with van der Waals surface area (Å²) in [5.41, 5.74) is 5.40. The second-order valence-electron chi connectivity index (χ2n) is 2.34. The second-order valence-corrected chi connectivity index (χ2v) is 2.34. The number of rotatable bonds is 1. The molecule has 0 spiro atoms. The van der Waals surface area contributed by atoms with Crippen molar-refractivity contribution in [3.63, 3.8) is 0 Å². The van der Waals surface area contributed by atoms with Gasteiger partial charge in [0.2, 0.25) is 0 Å². The van der Waals surface area contributed by atoms with Crippen LogP contribution in [0.1, 0.15) is 5.56 Å². The zero-order valence-corrected chi connectivity index (χ0v) is 5.99. The topological polar surface area (TPSA) is 12.9 Å². The Morgan fingerprint density at radius 1 is 1.18 bits per heavy atom. The van der Waals surface area contributed by atoms with E-state index in [1.54, 1.807) is 12.4 Å². The van der Waals surface area contributed by atoms with Crippen LogP contribution in [0.15, 0.2) is 48.5 Å². The molecular formula is C10H7N. The van der Waals surface area contributed by atoms with Gasteiger partial charge in [0, 0.05) is 12.4 Å². The molecule has 0 aromatic carbocycles. The van der Waals surface area contributed by atoms with Crippen molar-refractivity contribution in [3.8, 4) is 0 Å². The predicted molar refractivity (Wildman–Crippen MR) is 44.9 cm³/mol. The maximum atomic E-state index is 3.95. The van der Waals surface area contributed by atoms with Gasteiger partial charge in [0.25, 0.3) is 0 Å². The van der Waals surface area contributed by atoms with Crippen molar-refractivity contribution >= 4 is 5.57 Å². The molecule has 52 valence electrons. The van der Waals surface area contributed by atoms with Gasteiger partial charge in [0.15, 0.2) is 0 Å². The van der Waals surface area contributed by atoms with E-state index in [-0.39, 0.29) is 0 Å². The first-order valence-corrected chi connectivity index (χ1v) is 3.50. The van der Waals surface area contributed by atoms with Crippen LogP contribution in [0.4, 0.5) is 0 Å². The molecule has 0 N–H and O–H groups in total. The van der Waals surface area contributed by atoms with Crippen molar-refractivity contribution in [1.82, 2.24) is 4.98 Å². The lowest BCUT2D eigenvalue weighted by atomic mass is 10.1.